The van der Waals surface area contributed by atoms with Crippen molar-refractivity contribution in [3.63, 3.8) is 0 Å². The molecular formula is C16H26BrN3O. The predicted octanol–water partition coefficient (Wildman–Crippen LogP) is 3.22. The number of amides is 1. The van der Waals surface area contributed by atoms with E-state index in [0.29, 0.717) is 6.04 Å². The number of halogens is 1. The van der Waals surface area contributed by atoms with Gasteiger partial charge in [-0.05, 0) is 54.9 Å². The molecule has 4 nitrogen and oxygen atoms in total. The summed E-state index contributed by atoms with van der Waals surface area (Å²) in [6.45, 7) is 11.2. The second kappa shape index (κ2) is 7.45. The Balaban J connectivity index is 2.00. The van der Waals surface area contributed by atoms with Crippen molar-refractivity contribution in [1.29, 1.82) is 0 Å². The summed E-state index contributed by atoms with van der Waals surface area (Å²) in [7, 11) is 0. The van der Waals surface area contributed by atoms with Gasteiger partial charge < -0.3 is 14.4 Å². The number of rotatable bonds is 5. The summed E-state index contributed by atoms with van der Waals surface area (Å²) in [5.74, 6) is 0.167. The van der Waals surface area contributed by atoms with Crippen LogP contribution in [-0.4, -0.2) is 52.5 Å². The minimum atomic E-state index is 0.167. The highest BCUT2D eigenvalue weighted by atomic mass is 79.9. The van der Waals surface area contributed by atoms with Gasteiger partial charge in [0, 0.05) is 36.3 Å². The molecule has 1 fully saturated rings. The maximum absolute atomic E-state index is 12.7. The molecule has 0 atom stereocenters. The second-order valence-electron chi connectivity index (χ2n) is 5.57. The Kier molecular flexibility index (Phi) is 5.88. The minimum absolute atomic E-state index is 0.167. The first-order chi connectivity index (χ1) is 10.1. The van der Waals surface area contributed by atoms with Gasteiger partial charge in [0.05, 0.1) is 0 Å². The van der Waals surface area contributed by atoms with Crippen LogP contribution in [0.1, 0.15) is 44.1 Å². The lowest BCUT2D eigenvalue weighted by Gasteiger charge is -2.37. The van der Waals surface area contributed by atoms with Gasteiger partial charge in [0.2, 0.25) is 0 Å². The highest BCUT2D eigenvalue weighted by Gasteiger charge is 2.27. The fraction of sp³-hybridized carbons (Fsp3) is 0.688. The van der Waals surface area contributed by atoms with E-state index in [-0.39, 0.29) is 5.91 Å². The molecule has 0 saturated carbocycles. The Morgan fingerprint density at radius 2 is 1.90 bits per heavy atom. The third kappa shape index (κ3) is 3.69. The first-order valence-electron chi connectivity index (χ1n) is 7.99. The van der Waals surface area contributed by atoms with E-state index >= 15 is 0 Å². The van der Waals surface area contributed by atoms with Gasteiger partial charge in [-0.15, -0.1) is 0 Å². The Morgan fingerprint density at radius 1 is 1.29 bits per heavy atom. The van der Waals surface area contributed by atoms with Crippen LogP contribution in [0.3, 0.4) is 0 Å². The predicted molar refractivity (Wildman–Crippen MR) is 89.7 cm³/mol. The monoisotopic (exact) mass is 355 g/mol. The zero-order valence-electron chi connectivity index (χ0n) is 13.3. The summed E-state index contributed by atoms with van der Waals surface area (Å²) in [5.41, 5.74) is 0.797. The minimum Gasteiger partial charge on any atom is -0.343 e. The smallest absolute Gasteiger partial charge is 0.270 e. The number of hydrogen-bond acceptors (Lipinski definition) is 2. The van der Waals surface area contributed by atoms with Crippen molar-refractivity contribution in [2.45, 2.75) is 46.2 Å². The quantitative estimate of drug-likeness (QED) is 0.811. The molecule has 1 aromatic rings. The fourth-order valence-electron chi connectivity index (χ4n) is 3.25. The molecule has 1 aromatic heterocycles. The lowest BCUT2D eigenvalue weighted by molar-refractivity contribution is 0.0621. The van der Waals surface area contributed by atoms with E-state index in [2.05, 4.69) is 41.6 Å². The van der Waals surface area contributed by atoms with Crippen LogP contribution in [0.15, 0.2) is 16.7 Å². The fourth-order valence-corrected chi connectivity index (χ4v) is 3.72. The van der Waals surface area contributed by atoms with Crippen LogP contribution in [0.25, 0.3) is 0 Å². The largest absolute Gasteiger partial charge is 0.343 e. The van der Waals surface area contributed by atoms with Crippen LogP contribution in [0.5, 0.6) is 0 Å². The molecule has 0 spiro atoms. The molecule has 21 heavy (non-hydrogen) atoms. The van der Waals surface area contributed by atoms with E-state index in [1.54, 1.807) is 0 Å². The first-order valence-corrected chi connectivity index (χ1v) is 8.78. The van der Waals surface area contributed by atoms with Crippen LogP contribution in [0.2, 0.25) is 0 Å². The number of piperidine rings is 1. The lowest BCUT2D eigenvalue weighted by atomic mass is 10.0. The zero-order chi connectivity index (χ0) is 15.4. The molecule has 0 bridgehead atoms. The molecule has 1 aliphatic rings. The van der Waals surface area contributed by atoms with Crippen molar-refractivity contribution >= 4 is 21.8 Å². The van der Waals surface area contributed by atoms with Crippen molar-refractivity contribution in [1.82, 2.24) is 14.4 Å². The third-order valence-corrected chi connectivity index (χ3v) is 4.94. The summed E-state index contributed by atoms with van der Waals surface area (Å²) in [6, 6.07) is 2.57. The molecule has 118 valence electrons. The SMILES string of the molecule is CCN(CC)C1CCN(C(=O)c2cc(Br)cn2CC)CC1. The van der Waals surface area contributed by atoms with E-state index in [1.165, 1.54) is 0 Å². The highest BCUT2D eigenvalue weighted by Crippen LogP contribution is 2.21. The number of aromatic nitrogens is 1. The number of carbonyl (C=O) groups is 1. The third-order valence-electron chi connectivity index (χ3n) is 4.50. The Morgan fingerprint density at radius 3 is 2.43 bits per heavy atom. The average molecular weight is 356 g/mol. The number of likely N-dealkylation sites (tertiary alicyclic amines) is 1. The van der Waals surface area contributed by atoms with Gasteiger partial charge in [-0.3, -0.25) is 4.79 Å². The maximum atomic E-state index is 12.7. The van der Waals surface area contributed by atoms with E-state index in [4.69, 9.17) is 0 Å². The number of aryl methyl sites for hydroxylation is 1. The Bertz CT molecular complexity index is 474. The molecule has 0 N–H and O–H groups in total. The topological polar surface area (TPSA) is 28.5 Å². The molecule has 2 rings (SSSR count). The van der Waals surface area contributed by atoms with Gasteiger partial charge in [-0.2, -0.15) is 0 Å². The Hall–Kier alpha value is -0.810. The average Bonchev–Trinajstić information content (AvgIpc) is 2.89. The van der Waals surface area contributed by atoms with E-state index in [9.17, 15) is 4.79 Å². The van der Waals surface area contributed by atoms with Crippen LogP contribution in [0.4, 0.5) is 0 Å². The van der Waals surface area contributed by atoms with Gasteiger partial charge in [0.15, 0.2) is 0 Å². The molecule has 5 heteroatoms. The molecule has 0 unspecified atom stereocenters. The summed E-state index contributed by atoms with van der Waals surface area (Å²) < 4.78 is 2.99. The maximum Gasteiger partial charge on any atom is 0.270 e. The molecule has 0 radical (unpaired) electrons. The summed E-state index contributed by atoms with van der Waals surface area (Å²) in [4.78, 5) is 17.2. The Labute approximate surface area is 136 Å². The van der Waals surface area contributed by atoms with Crippen LogP contribution >= 0.6 is 15.9 Å². The van der Waals surface area contributed by atoms with Crippen molar-refractivity contribution in [3.05, 3.63) is 22.4 Å². The first kappa shape index (κ1) is 16.6. The number of carbonyl (C=O) groups excluding carboxylic acids is 1. The van der Waals surface area contributed by atoms with Gasteiger partial charge >= 0.3 is 0 Å². The lowest BCUT2D eigenvalue weighted by Crippen LogP contribution is -2.47. The molecule has 0 aromatic carbocycles. The molecular weight excluding hydrogens is 330 g/mol. The standard InChI is InChI=1S/C16H26BrN3O/c1-4-18(5-2)14-7-9-20(10-8-14)16(21)15-11-13(17)12-19(15)6-3/h11-12,14H,4-10H2,1-3H3. The second-order valence-corrected chi connectivity index (χ2v) is 6.49. The van der Waals surface area contributed by atoms with Gasteiger partial charge in [-0.1, -0.05) is 13.8 Å². The van der Waals surface area contributed by atoms with Gasteiger partial charge in [0.25, 0.3) is 5.91 Å². The van der Waals surface area contributed by atoms with Crippen LogP contribution in [0, 0.1) is 0 Å². The van der Waals surface area contributed by atoms with E-state index in [1.807, 2.05) is 21.7 Å². The van der Waals surface area contributed by atoms with E-state index < -0.39 is 0 Å². The van der Waals surface area contributed by atoms with Crippen LogP contribution < -0.4 is 0 Å². The van der Waals surface area contributed by atoms with Gasteiger partial charge in [-0.25, -0.2) is 0 Å². The molecule has 0 aliphatic carbocycles. The summed E-state index contributed by atoms with van der Waals surface area (Å²) in [6.07, 6.45) is 4.15. The zero-order valence-corrected chi connectivity index (χ0v) is 14.9. The van der Waals surface area contributed by atoms with Crippen molar-refractivity contribution < 1.29 is 4.79 Å². The molecule has 1 saturated heterocycles. The molecule has 1 aliphatic heterocycles. The normalized spacial score (nSPS) is 16.7. The molecule has 2 heterocycles. The highest BCUT2D eigenvalue weighted by molar-refractivity contribution is 9.10. The summed E-state index contributed by atoms with van der Waals surface area (Å²) >= 11 is 3.47. The van der Waals surface area contributed by atoms with Crippen molar-refractivity contribution in [3.8, 4) is 0 Å². The molecule has 1 amide bonds. The van der Waals surface area contributed by atoms with Crippen LogP contribution in [-0.2, 0) is 6.54 Å². The summed E-state index contributed by atoms with van der Waals surface area (Å²) in [5, 5.41) is 0. The van der Waals surface area contributed by atoms with Gasteiger partial charge in [0.1, 0.15) is 5.69 Å². The number of hydrogen-bond donors (Lipinski definition) is 0. The number of nitrogens with zero attached hydrogens (tertiary/aromatic N) is 3. The van der Waals surface area contributed by atoms with Crippen molar-refractivity contribution in [2.24, 2.45) is 0 Å². The van der Waals surface area contributed by atoms with Crippen molar-refractivity contribution in [2.75, 3.05) is 26.2 Å². The van der Waals surface area contributed by atoms with E-state index in [0.717, 1.165) is 55.7 Å².